The van der Waals surface area contributed by atoms with Gasteiger partial charge in [-0.25, -0.2) is 0 Å². The van der Waals surface area contributed by atoms with Gasteiger partial charge in [0.15, 0.2) is 12.4 Å². The Morgan fingerprint density at radius 2 is 1.41 bits per heavy atom. The van der Waals surface area contributed by atoms with Crippen LogP contribution in [-0.2, 0) is 0 Å². The Balaban J connectivity index is 1.70. The van der Waals surface area contributed by atoms with Gasteiger partial charge >= 0.3 is 6.18 Å². The second-order valence-electron chi connectivity index (χ2n) is 5.52. The topological polar surface area (TPSA) is 47.9 Å². The molecule has 0 radical (unpaired) electrons. The maximum absolute atomic E-state index is 12.2. The average molecular weight is 425 g/mol. The first-order chi connectivity index (χ1) is 12.7. The average Bonchev–Trinajstić information content (AvgIpc) is 2.57. The molecule has 4 nitrogen and oxygen atoms in total. The van der Waals surface area contributed by atoms with Crippen molar-refractivity contribution in [1.29, 1.82) is 0 Å². The molecule has 0 fully saturated rings. The van der Waals surface area contributed by atoms with Crippen molar-refractivity contribution in [3.63, 3.8) is 0 Å². The van der Waals surface area contributed by atoms with Gasteiger partial charge < -0.3 is 19.3 Å². The van der Waals surface area contributed by atoms with Crippen molar-refractivity contribution in [1.82, 2.24) is 0 Å². The first-order valence-electron chi connectivity index (χ1n) is 7.98. The van der Waals surface area contributed by atoms with E-state index in [-0.39, 0.29) is 21.5 Å². The number of benzene rings is 2. The van der Waals surface area contributed by atoms with E-state index in [0.717, 1.165) is 0 Å². The van der Waals surface area contributed by atoms with Gasteiger partial charge in [0.05, 0.1) is 23.3 Å². The second kappa shape index (κ2) is 9.80. The van der Waals surface area contributed by atoms with E-state index in [0.29, 0.717) is 37.6 Å². The van der Waals surface area contributed by atoms with E-state index in [1.807, 2.05) is 0 Å². The van der Waals surface area contributed by atoms with E-state index in [1.165, 1.54) is 24.3 Å². The molecule has 0 spiro atoms. The van der Waals surface area contributed by atoms with Crippen LogP contribution in [0.4, 0.5) is 13.2 Å². The summed E-state index contributed by atoms with van der Waals surface area (Å²) in [5, 5.41) is 9.78. The van der Waals surface area contributed by atoms with Crippen LogP contribution in [-0.4, -0.2) is 31.1 Å². The minimum atomic E-state index is -4.39. The number of phenols is 1. The van der Waals surface area contributed by atoms with Crippen LogP contribution in [0.1, 0.15) is 12.8 Å². The minimum absolute atomic E-state index is 0.0489. The van der Waals surface area contributed by atoms with E-state index < -0.39 is 12.8 Å². The first-order valence-corrected chi connectivity index (χ1v) is 8.73. The summed E-state index contributed by atoms with van der Waals surface area (Å²) in [4.78, 5) is 0. The fourth-order valence-corrected chi connectivity index (χ4v) is 2.66. The molecule has 0 saturated heterocycles. The van der Waals surface area contributed by atoms with Gasteiger partial charge in [0.2, 0.25) is 0 Å². The Kier molecular flexibility index (Phi) is 7.74. The molecular weight excluding hydrogens is 408 g/mol. The van der Waals surface area contributed by atoms with Crippen LogP contribution >= 0.6 is 23.2 Å². The van der Waals surface area contributed by atoms with Crippen molar-refractivity contribution < 1.29 is 32.5 Å². The van der Waals surface area contributed by atoms with Crippen molar-refractivity contribution >= 4 is 23.2 Å². The lowest BCUT2D eigenvalue weighted by Crippen LogP contribution is -2.19. The van der Waals surface area contributed by atoms with Crippen LogP contribution in [0.3, 0.4) is 0 Å². The molecule has 0 bridgehead atoms. The number of ether oxygens (including phenoxy) is 3. The highest BCUT2D eigenvalue weighted by Gasteiger charge is 2.28. The number of halogens is 5. The van der Waals surface area contributed by atoms with Crippen LogP contribution in [0.5, 0.6) is 23.0 Å². The van der Waals surface area contributed by atoms with Crippen molar-refractivity contribution in [2.75, 3.05) is 19.8 Å². The molecule has 0 amide bonds. The van der Waals surface area contributed by atoms with Gasteiger partial charge in [-0.15, -0.1) is 0 Å². The minimum Gasteiger partial charge on any atom is -0.508 e. The number of phenolic OH excluding ortho intramolecular Hbond substituents is 1. The van der Waals surface area contributed by atoms with Crippen LogP contribution < -0.4 is 14.2 Å². The van der Waals surface area contributed by atoms with Crippen LogP contribution in [0, 0.1) is 0 Å². The summed E-state index contributed by atoms with van der Waals surface area (Å²) in [6.07, 6.45) is -3.11. The van der Waals surface area contributed by atoms with Gasteiger partial charge in [0.25, 0.3) is 0 Å². The Morgan fingerprint density at radius 3 is 2.00 bits per heavy atom. The van der Waals surface area contributed by atoms with Gasteiger partial charge in [-0.05, 0) is 25.0 Å². The first kappa shape index (κ1) is 21.3. The number of hydrogen-bond donors (Lipinski definition) is 1. The highest BCUT2D eigenvalue weighted by atomic mass is 35.5. The number of hydrogen-bond acceptors (Lipinski definition) is 4. The van der Waals surface area contributed by atoms with Gasteiger partial charge in [-0.1, -0.05) is 29.3 Å². The number of alkyl halides is 3. The lowest BCUT2D eigenvalue weighted by molar-refractivity contribution is -0.153. The molecule has 0 aliphatic heterocycles. The summed E-state index contributed by atoms with van der Waals surface area (Å²) in [7, 11) is 0. The molecule has 0 unspecified atom stereocenters. The van der Waals surface area contributed by atoms with E-state index in [9.17, 15) is 18.3 Å². The maximum atomic E-state index is 12.2. The summed E-state index contributed by atoms with van der Waals surface area (Å²) in [5.74, 6) is 0.753. The fourth-order valence-electron chi connectivity index (χ4n) is 2.07. The van der Waals surface area contributed by atoms with E-state index >= 15 is 0 Å². The molecule has 0 aromatic heterocycles. The molecule has 0 atom stereocenters. The molecule has 2 rings (SSSR count). The predicted molar refractivity (Wildman–Crippen MR) is 96.3 cm³/mol. The molecule has 2 aromatic carbocycles. The van der Waals surface area contributed by atoms with Crippen molar-refractivity contribution in [3.8, 4) is 23.0 Å². The highest BCUT2D eigenvalue weighted by molar-refractivity contribution is 6.37. The molecule has 0 heterocycles. The Hall–Kier alpha value is -1.99. The molecule has 1 N–H and O–H groups in total. The molecule has 27 heavy (non-hydrogen) atoms. The second-order valence-corrected chi connectivity index (χ2v) is 6.34. The van der Waals surface area contributed by atoms with Gasteiger partial charge in [-0.3, -0.25) is 0 Å². The number of rotatable bonds is 9. The molecule has 148 valence electrons. The van der Waals surface area contributed by atoms with Crippen molar-refractivity contribution in [2.45, 2.75) is 19.0 Å². The van der Waals surface area contributed by atoms with Gasteiger partial charge in [-0.2, -0.15) is 13.2 Å². The Bertz CT molecular complexity index is 731. The summed E-state index contributed by atoms with van der Waals surface area (Å²) < 4.78 is 52.1. The van der Waals surface area contributed by atoms with Gasteiger partial charge in [0, 0.05) is 18.2 Å². The molecular formula is C18H17Cl2F3O4. The standard InChI is InChI=1S/C18H17Cl2F3O4/c19-15-8-12(24)9-16(20)17(15)26-7-2-1-6-25-13-4-3-5-14(10-13)27-11-18(21,22)23/h3-5,8-10,24H,1-2,6-7,11H2. The zero-order valence-corrected chi connectivity index (χ0v) is 15.6. The SMILES string of the molecule is Oc1cc(Cl)c(OCCCCOc2cccc(OCC(F)(F)F)c2)c(Cl)c1. The molecule has 0 saturated carbocycles. The highest BCUT2D eigenvalue weighted by Crippen LogP contribution is 2.36. The lowest BCUT2D eigenvalue weighted by atomic mass is 10.3. The third-order valence-electron chi connectivity index (χ3n) is 3.24. The van der Waals surface area contributed by atoms with Crippen LogP contribution in [0.25, 0.3) is 0 Å². The van der Waals surface area contributed by atoms with E-state index in [1.54, 1.807) is 12.1 Å². The zero-order valence-electron chi connectivity index (χ0n) is 14.1. The van der Waals surface area contributed by atoms with Gasteiger partial charge in [0.1, 0.15) is 17.2 Å². The third-order valence-corrected chi connectivity index (χ3v) is 3.81. The molecule has 9 heteroatoms. The summed E-state index contributed by atoms with van der Waals surface area (Å²) in [5.41, 5.74) is 0. The Morgan fingerprint density at radius 1 is 0.852 bits per heavy atom. The van der Waals surface area contributed by atoms with E-state index in [4.69, 9.17) is 32.7 Å². The normalized spacial score (nSPS) is 11.3. The van der Waals surface area contributed by atoms with Crippen molar-refractivity contribution in [3.05, 3.63) is 46.4 Å². The Labute approximate surface area is 164 Å². The summed E-state index contributed by atoms with van der Waals surface area (Å²) >= 11 is 11.9. The van der Waals surface area contributed by atoms with E-state index in [2.05, 4.69) is 4.74 Å². The molecule has 0 aliphatic carbocycles. The zero-order chi connectivity index (χ0) is 19.9. The molecule has 2 aromatic rings. The monoisotopic (exact) mass is 424 g/mol. The van der Waals surface area contributed by atoms with Crippen LogP contribution in [0.2, 0.25) is 10.0 Å². The maximum Gasteiger partial charge on any atom is 0.422 e. The lowest BCUT2D eigenvalue weighted by Gasteiger charge is -2.12. The predicted octanol–water partition coefficient (Wildman–Crippen LogP) is 5.88. The number of unbranched alkanes of at least 4 members (excludes halogenated alkanes) is 1. The number of aromatic hydroxyl groups is 1. The summed E-state index contributed by atoms with van der Waals surface area (Å²) in [6, 6.07) is 8.68. The van der Waals surface area contributed by atoms with Crippen LogP contribution in [0.15, 0.2) is 36.4 Å². The largest absolute Gasteiger partial charge is 0.508 e. The summed E-state index contributed by atoms with van der Waals surface area (Å²) in [6.45, 7) is -0.665. The fraction of sp³-hybridized carbons (Fsp3) is 0.333. The molecule has 0 aliphatic rings. The third kappa shape index (κ3) is 7.64. The van der Waals surface area contributed by atoms with Crippen molar-refractivity contribution in [2.24, 2.45) is 0 Å². The smallest absolute Gasteiger partial charge is 0.422 e. The quantitative estimate of drug-likeness (QED) is 0.510.